The van der Waals surface area contributed by atoms with Crippen LogP contribution in [0.3, 0.4) is 0 Å². The van der Waals surface area contributed by atoms with Crippen molar-refractivity contribution in [2.24, 2.45) is 5.10 Å². The van der Waals surface area contributed by atoms with Crippen molar-refractivity contribution in [3.8, 4) is 0 Å². The zero-order valence-electron chi connectivity index (χ0n) is 15.5. The van der Waals surface area contributed by atoms with Crippen molar-refractivity contribution in [3.05, 3.63) is 64.4 Å². The Morgan fingerprint density at radius 2 is 1.96 bits per heavy atom. The van der Waals surface area contributed by atoms with Crippen molar-refractivity contribution in [1.29, 1.82) is 0 Å². The third-order valence-corrected chi connectivity index (χ3v) is 4.33. The first-order chi connectivity index (χ1) is 13.1. The lowest BCUT2D eigenvalue weighted by Crippen LogP contribution is -2.23. The van der Waals surface area contributed by atoms with Crippen molar-refractivity contribution in [2.45, 2.75) is 13.5 Å². The topological polar surface area (TPSA) is 82.8 Å². The highest BCUT2D eigenvalue weighted by molar-refractivity contribution is 5.81. The summed E-state index contributed by atoms with van der Waals surface area (Å²) in [6.45, 7) is 3.09. The van der Waals surface area contributed by atoms with Crippen LogP contribution in [0.5, 0.6) is 0 Å². The maximum atomic E-state index is 12.6. The average molecular weight is 365 g/mol. The molecule has 3 aromatic rings. The molecule has 0 atom stereocenters. The summed E-state index contributed by atoms with van der Waals surface area (Å²) in [6, 6.07) is 15.1. The van der Waals surface area contributed by atoms with Crippen molar-refractivity contribution in [3.63, 3.8) is 0 Å². The second-order valence-corrected chi connectivity index (χ2v) is 6.11. The zero-order chi connectivity index (χ0) is 19.2. The standard InChI is InChI=1S/C20H23N5O2/c1-3-25-19(27)17-6-4-5-7-18(17)22-20(25)23-21-14-15-8-10-16(11-9-15)24(2)12-13-26/h4-11,14,26H,3,12-13H2,1-2H3,(H,22,23)/b21-14-. The predicted molar refractivity (Wildman–Crippen MR) is 110 cm³/mol. The molecule has 0 amide bonds. The number of fused-ring (bicyclic) bond motifs is 1. The van der Waals surface area contributed by atoms with Gasteiger partial charge in [-0.2, -0.15) is 5.10 Å². The van der Waals surface area contributed by atoms with Gasteiger partial charge in [-0.15, -0.1) is 0 Å². The van der Waals surface area contributed by atoms with Crippen LogP contribution in [0.2, 0.25) is 0 Å². The van der Waals surface area contributed by atoms with E-state index in [0.29, 0.717) is 29.9 Å². The number of anilines is 2. The number of likely N-dealkylation sites (N-methyl/N-ethyl adjacent to an activating group) is 1. The number of hydrogen-bond acceptors (Lipinski definition) is 6. The van der Waals surface area contributed by atoms with E-state index in [1.54, 1.807) is 16.8 Å². The van der Waals surface area contributed by atoms with Gasteiger partial charge in [-0.1, -0.05) is 24.3 Å². The van der Waals surface area contributed by atoms with Gasteiger partial charge in [0.2, 0.25) is 5.95 Å². The summed E-state index contributed by atoms with van der Waals surface area (Å²) < 4.78 is 1.56. The molecule has 0 fully saturated rings. The minimum absolute atomic E-state index is 0.0860. The van der Waals surface area contributed by atoms with Crippen molar-refractivity contribution in [1.82, 2.24) is 9.55 Å². The smallest absolute Gasteiger partial charge is 0.262 e. The van der Waals surface area contributed by atoms with Gasteiger partial charge >= 0.3 is 0 Å². The molecule has 0 saturated carbocycles. The fraction of sp³-hybridized carbons (Fsp3) is 0.250. The van der Waals surface area contributed by atoms with E-state index in [4.69, 9.17) is 5.11 Å². The van der Waals surface area contributed by atoms with Gasteiger partial charge in [0.15, 0.2) is 0 Å². The van der Waals surface area contributed by atoms with Gasteiger partial charge in [0.1, 0.15) is 0 Å². The van der Waals surface area contributed by atoms with E-state index in [1.807, 2.05) is 61.3 Å². The number of benzene rings is 2. The van der Waals surface area contributed by atoms with Gasteiger partial charge in [-0.05, 0) is 36.8 Å². The molecule has 7 heteroatoms. The summed E-state index contributed by atoms with van der Waals surface area (Å²) >= 11 is 0. The molecular formula is C20H23N5O2. The minimum atomic E-state index is -0.0860. The highest BCUT2D eigenvalue weighted by atomic mass is 16.3. The molecule has 0 radical (unpaired) electrons. The van der Waals surface area contributed by atoms with Gasteiger partial charge in [0, 0.05) is 25.8 Å². The van der Waals surface area contributed by atoms with Crippen LogP contribution in [-0.4, -0.2) is 41.1 Å². The van der Waals surface area contributed by atoms with Gasteiger partial charge in [-0.3, -0.25) is 9.36 Å². The number of nitrogens with zero attached hydrogens (tertiary/aromatic N) is 4. The maximum absolute atomic E-state index is 12.6. The van der Waals surface area contributed by atoms with Crippen molar-refractivity contribution < 1.29 is 5.11 Å². The molecule has 0 bridgehead atoms. The number of hydrazone groups is 1. The third kappa shape index (κ3) is 4.15. The van der Waals surface area contributed by atoms with Gasteiger partial charge in [0.05, 0.1) is 23.7 Å². The van der Waals surface area contributed by atoms with Crippen LogP contribution in [0.25, 0.3) is 10.9 Å². The number of aliphatic hydroxyl groups excluding tert-OH is 1. The minimum Gasteiger partial charge on any atom is -0.395 e. The number of para-hydroxylation sites is 1. The fourth-order valence-corrected chi connectivity index (χ4v) is 2.81. The summed E-state index contributed by atoms with van der Waals surface area (Å²) in [5.41, 5.74) is 5.37. The Morgan fingerprint density at radius 1 is 1.22 bits per heavy atom. The molecule has 0 aliphatic rings. The Kier molecular flexibility index (Phi) is 5.83. The Hall–Kier alpha value is -3.19. The van der Waals surface area contributed by atoms with E-state index < -0.39 is 0 Å². The molecular weight excluding hydrogens is 342 g/mol. The van der Waals surface area contributed by atoms with E-state index in [9.17, 15) is 4.79 Å². The molecule has 1 aromatic heterocycles. The van der Waals surface area contributed by atoms with Crippen LogP contribution in [0.4, 0.5) is 11.6 Å². The van der Waals surface area contributed by atoms with E-state index in [0.717, 1.165) is 11.3 Å². The molecule has 0 saturated heterocycles. The average Bonchev–Trinajstić information content (AvgIpc) is 2.69. The van der Waals surface area contributed by atoms with E-state index >= 15 is 0 Å². The Bertz CT molecular complexity index is 995. The number of rotatable bonds is 7. The number of aromatic nitrogens is 2. The molecule has 27 heavy (non-hydrogen) atoms. The van der Waals surface area contributed by atoms with E-state index in [2.05, 4.69) is 15.5 Å². The summed E-state index contributed by atoms with van der Waals surface area (Å²) in [6.07, 6.45) is 1.68. The molecule has 1 heterocycles. The maximum Gasteiger partial charge on any atom is 0.262 e. The first-order valence-corrected chi connectivity index (χ1v) is 8.84. The van der Waals surface area contributed by atoms with Gasteiger partial charge in [0.25, 0.3) is 5.56 Å². The lowest BCUT2D eigenvalue weighted by atomic mass is 10.2. The van der Waals surface area contributed by atoms with E-state index in [1.165, 1.54) is 0 Å². The first-order valence-electron chi connectivity index (χ1n) is 8.84. The molecule has 2 N–H and O–H groups in total. The van der Waals surface area contributed by atoms with Crippen LogP contribution >= 0.6 is 0 Å². The van der Waals surface area contributed by atoms with Crippen molar-refractivity contribution in [2.75, 3.05) is 30.5 Å². The molecule has 0 aliphatic carbocycles. The second-order valence-electron chi connectivity index (χ2n) is 6.11. The van der Waals surface area contributed by atoms with Crippen LogP contribution < -0.4 is 15.9 Å². The zero-order valence-corrected chi connectivity index (χ0v) is 15.5. The monoisotopic (exact) mass is 365 g/mol. The highest BCUT2D eigenvalue weighted by Crippen LogP contribution is 2.13. The van der Waals surface area contributed by atoms with Crippen LogP contribution in [0.1, 0.15) is 12.5 Å². The molecule has 7 nitrogen and oxygen atoms in total. The Labute approximate surface area is 157 Å². The Balaban J connectivity index is 1.79. The predicted octanol–water partition coefficient (Wildman–Crippen LogP) is 2.29. The molecule has 0 spiro atoms. The summed E-state index contributed by atoms with van der Waals surface area (Å²) in [7, 11) is 1.93. The lowest BCUT2D eigenvalue weighted by Gasteiger charge is -2.17. The fourth-order valence-electron chi connectivity index (χ4n) is 2.81. The number of aliphatic hydroxyl groups is 1. The number of nitrogens with one attached hydrogen (secondary N) is 1. The third-order valence-electron chi connectivity index (χ3n) is 4.33. The first kappa shape index (κ1) is 18.6. The Morgan fingerprint density at radius 3 is 2.67 bits per heavy atom. The summed E-state index contributed by atoms with van der Waals surface area (Å²) in [5, 5.41) is 13.8. The largest absolute Gasteiger partial charge is 0.395 e. The SMILES string of the molecule is CCn1c(N/N=C\c2ccc(N(C)CCO)cc2)nc2ccccc2c1=O. The van der Waals surface area contributed by atoms with Crippen molar-refractivity contribution >= 4 is 28.8 Å². The van der Waals surface area contributed by atoms with Gasteiger partial charge < -0.3 is 10.0 Å². The van der Waals surface area contributed by atoms with Crippen LogP contribution in [0.15, 0.2) is 58.4 Å². The quantitative estimate of drug-likeness (QED) is 0.496. The molecule has 3 rings (SSSR count). The molecule has 0 aliphatic heterocycles. The van der Waals surface area contributed by atoms with Gasteiger partial charge in [-0.25, -0.2) is 10.4 Å². The lowest BCUT2D eigenvalue weighted by molar-refractivity contribution is 0.304. The normalized spacial score (nSPS) is 11.2. The molecule has 140 valence electrons. The molecule has 0 unspecified atom stereocenters. The van der Waals surface area contributed by atoms with Crippen LogP contribution in [0, 0.1) is 0 Å². The second kappa shape index (κ2) is 8.46. The summed E-state index contributed by atoms with van der Waals surface area (Å²) in [4.78, 5) is 19.1. The van der Waals surface area contributed by atoms with Crippen LogP contribution in [-0.2, 0) is 6.54 Å². The number of hydrogen-bond donors (Lipinski definition) is 2. The molecule has 2 aromatic carbocycles. The highest BCUT2D eigenvalue weighted by Gasteiger charge is 2.08. The summed E-state index contributed by atoms with van der Waals surface area (Å²) in [5.74, 6) is 0.414. The van der Waals surface area contributed by atoms with E-state index in [-0.39, 0.29) is 12.2 Å².